The summed E-state index contributed by atoms with van der Waals surface area (Å²) in [5.41, 5.74) is 2.46. The number of likely N-dealkylation sites (tertiary alicyclic amines) is 1. The van der Waals surface area contributed by atoms with Crippen LogP contribution in [0.25, 0.3) is 10.2 Å². The number of thiazole rings is 1. The molecule has 2 aromatic rings. The van der Waals surface area contributed by atoms with Crippen molar-refractivity contribution in [2.75, 3.05) is 44.2 Å². The molecule has 0 unspecified atom stereocenters. The number of anilines is 1. The summed E-state index contributed by atoms with van der Waals surface area (Å²) in [5, 5.41) is 4.29. The fourth-order valence-electron chi connectivity index (χ4n) is 4.49. The zero-order valence-electron chi connectivity index (χ0n) is 17.7. The number of hydrogen-bond acceptors (Lipinski definition) is 5. The fraction of sp³-hybridized carbons (Fsp3) is 0.652. The lowest BCUT2D eigenvalue weighted by atomic mass is 9.96. The maximum Gasteiger partial charge on any atom is 0.223 e. The SMILES string of the molecule is CCc1ccc2nc(N3CCC(C(=O)NCCCN4CCCCC4)CC3)sc2c1. The number of carbonyl (C=O) groups is 1. The van der Waals surface area contributed by atoms with Gasteiger partial charge in [-0.2, -0.15) is 0 Å². The quantitative estimate of drug-likeness (QED) is 0.694. The maximum absolute atomic E-state index is 12.5. The van der Waals surface area contributed by atoms with Gasteiger partial charge in [0, 0.05) is 25.6 Å². The van der Waals surface area contributed by atoms with Crippen molar-refractivity contribution in [2.24, 2.45) is 5.92 Å². The zero-order chi connectivity index (χ0) is 20.1. The van der Waals surface area contributed by atoms with E-state index in [4.69, 9.17) is 4.98 Å². The van der Waals surface area contributed by atoms with Gasteiger partial charge in [-0.05, 0) is 75.9 Å². The Morgan fingerprint density at radius 3 is 2.72 bits per heavy atom. The number of piperidine rings is 2. The molecule has 6 heteroatoms. The largest absolute Gasteiger partial charge is 0.356 e. The second-order valence-corrected chi connectivity index (χ2v) is 9.47. The first-order valence-electron chi connectivity index (χ1n) is 11.4. The third-order valence-corrected chi connectivity index (χ3v) is 7.46. The average molecular weight is 415 g/mol. The van der Waals surface area contributed by atoms with E-state index in [0.717, 1.165) is 62.5 Å². The highest BCUT2D eigenvalue weighted by molar-refractivity contribution is 7.22. The van der Waals surface area contributed by atoms with Gasteiger partial charge in [0.25, 0.3) is 0 Å². The summed E-state index contributed by atoms with van der Waals surface area (Å²) < 4.78 is 1.27. The predicted molar refractivity (Wildman–Crippen MR) is 122 cm³/mol. The number of fused-ring (bicyclic) bond motifs is 1. The van der Waals surface area contributed by atoms with Crippen molar-refractivity contribution in [2.45, 2.75) is 51.9 Å². The predicted octanol–water partition coefficient (Wildman–Crippen LogP) is 4.07. The normalized spacial score (nSPS) is 19.0. The topological polar surface area (TPSA) is 48.5 Å². The van der Waals surface area contributed by atoms with Gasteiger partial charge in [-0.15, -0.1) is 0 Å². The number of benzene rings is 1. The van der Waals surface area contributed by atoms with Crippen LogP contribution in [0.15, 0.2) is 18.2 Å². The first kappa shape index (κ1) is 20.6. The van der Waals surface area contributed by atoms with E-state index in [-0.39, 0.29) is 11.8 Å². The van der Waals surface area contributed by atoms with E-state index in [2.05, 4.69) is 40.2 Å². The molecule has 0 bridgehead atoms. The van der Waals surface area contributed by atoms with Crippen LogP contribution >= 0.6 is 11.3 Å². The van der Waals surface area contributed by atoms with Gasteiger partial charge in [-0.3, -0.25) is 4.79 Å². The van der Waals surface area contributed by atoms with E-state index in [1.165, 1.54) is 42.6 Å². The molecule has 4 rings (SSSR count). The minimum Gasteiger partial charge on any atom is -0.356 e. The van der Waals surface area contributed by atoms with Crippen LogP contribution in [0.5, 0.6) is 0 Å². The highest BCUT2D eigenvalue weighted by Gasteiger charge is 2.26. The van der Waals surface area contributed by atoms with Crippen LogP contribution in [-0.4, -0.2) is 55.1 Å². The Morgan fingerprint density at radius 1 is 1.17 bits per heavy atom. The molecule has 2 aliphatic rings. The molecule has 29 heavy (non-hydrogen) atoms. The molecule has 0 radical (unpaired) electrons. The summed E-state index contributed by atoms with van der Waals surface area (Å²) in [4.78, 5) is 22.3. The Morgan fingerprint density at radius 2 is 1.97 bits per heavy atom. The molecule has 3 heterocycles. The van der Waals surface area contributed by atoms with E-state index in [0.29, 0.717) is 0 Å². The van der Waals surface area contributed by atoms with Crippen LogP contribution in [-0.2, 0) is 11.2 Å². The Labute approximate surface area is 178 Å². The average Bonchev–Trinajstić information content (AvgIpc) is 3.20. The van der Waals surface area contributed by atoms with Gasteiger partial charge in [0.1, 0.15) is 0 Å². The van der Waals surface area contributed by atoms with E-state index in [1.54, 1.807) is 11.3 Å². The summed E-state index contributed by atoms with van der Waals surface area (Å²) in [6.45, 7) is 8.43. The maximum atomic E-state index is 12.5. The molecule has 0 spiro atoms. The highest BCUT2D eigenvalue weighted by atomic mass is 32.1. The Kier molecular flexibility index (Phi) is 7.03. The summed E-state index contributed by atoms with van der Waals surface area (Å²) in [6.07, 6.45) is 8.02. The summed E-state index contributed by atoms with van der Waals surface area (Å²) in [7, 11) is 0. The van der Waals surface area contributed by atoms with E-state index < -0.39 is 0 Å². The third kappa shape index (κ3) is 5.28. The molecule has 1 N–H and O–H groups in total. The smallest absolute Gasteiger partial charge is 0.223 e. The molecule has 1 amide bonds. The van der Waals surface area contributed by atoms with Crippen molar-refractivity contribution in [3.05, 3.63) is 23.8 Å². The van der Waals surface area contributed by atoms with Crippen molar-refractivity contribution in [1.29, 1.82) is 0 Å². The number of amides is 1. The number of aromatic nitrogens is 1. The molecule has 1 aromatic heterocycles. The third-order valence-electron chi connectivity index (χ3n) is 6.39. The number of rotatable bonds is 7. The standard InChI is InChI=1S/C23H34N4OS/c1-2-18-7-8-20-21(17-18)29-23(25-20)27-15-9-19(10-16-27)22(28)24-11-6-14-26-12-4-3-5-13-26/h7-8,17,19H,2-6,9-16H2,1H3,(H,24,28). The molecule has 2 fully saturated rings. The zero-order valence-corrected chi connectivity index (χ0v) is 18.5. The van der Waals surface area contributed by atoms with Gasteiger partial charge in [-0.25, -0.2) is 4.98 Å². The van der Waals surface area contributed by atoms with Crippen LogP contribution in [0.2, 0.25) is 0 Å². The summed E-state index contributed by atoms with van der Waals surface area (Å²) in [6, 6.07) is 6.58. The lowest BCUT2D eigenvalue weighted by Crippen LogP contribution is -2.41. The minimum absolute atomic E-state index is 0.155. The van der Waals surface area contributed by atoms with Crippen LogP contribution in [0, 0.1) is 5.92 Å². The molecule has 158 valence electrons. The highest BCUT2D eigenvalue weighted by Crippen LogP contribution is 2.32. The van der Waals surface area contributed by atoms with E-state index in [9.17, 15) is 4.79 Å². The van der Waals surface area contributed by atoms with E-state index in [1.807, 2.05) is 0 Å². The molecular weight excluding hydrogens is 380 g/mol. The van der Waals surface area contributed by atoms with E-state index >= 15 is 0 Å². The summed E-state index contributed by atoms with van der Waals surface area (Å²) >= 11 is 1.78. The number of nitrogens with one attached hydrogen (secondary N) is 1. The van der Waals surface area contributed by atoms with Crippen molar-refractivity contribution in [3.63, 3.8) is 0 Å². The minimum atomic E-state index is 0.155. The molecule has 0 atom stereocenters. The Bertz CT molecular complexity index is 806. The number of nitrogens with zero attached hydrogens (tertiary/aromatic N) is 3. The van der Waals surface area contributed by atoms with Gasteiger partial charge >= 0.3 is 0 Å². The fourth-order valence-corrected chi connectivity index (χ4v) is 5.57. The second kappa shape index (κ2) is 9.90. The molecular formula is C23H34N4OS. The van der Waals surface area contributed by atoms with Crippen LogP contribution in [0.1, 0.15) is 51.0 Å². The molecule has 0 aliphatic carbocycles. The van der Waals surface area contributed by atoms with Gasteiger partial charge < -0.3 is 15.1 Å². The van der Waals surface area contributed by atoms with Crippen molar-refractivity contribution < 1.29 is 4.79 Å². The Hall–Kier alpha value is -1.66. The van der Waals surface area contributed by atoms with Gasteiger partial charge in [0.05, 0.1) is 10.2 Å². The number of hydrogen-bond donors (Lipinski definition) is 1. The van der Waals surface area contributed by atoms with Crippen LogP contribution < -0.4 is 10.2 Å². The van der Waals surface area contributed by atoms with Gasteiger partial charge in [-0.1, -0.05) is 30.7 Å². The number of carbonyl (C=O) groups excluding carboxylic acids is 1. The van der Waals surface area contributed by atoms with Crippen molar-refractivity contribution in [3.8, 4) is 0 Å². The summed E-state index contributed by atoms with van der Waals surface area (Å²) in [5.74, 6) is 0.405. The lowest BCUT2D eigenvalue weighted by molar-refractivity contribution is -0.125. The van der Waals surface area contributed by atoms with Crippen molar-refractivity contribution in [1.82, 2.24) is 15.2 Å². The van der Waals surface area contributed by atoms with Crippen LogP contribution in [0.3, 0.4) is 0 Å². The van der Waals surface area contributed by atoms with Gasteiger partial charge in [0.2, 0.25) is 5.91 Å². The first-order valence-corrected chi connectivity index (χ1v) is 12.2. The molecule has 0 saturated carbocycles. The lowest BCUT2D eigenvalue weighted by Gasteiger charge is -2.31. The molecule has 2 aliphatic heterocycles. The van der Waals surface area contributed by atoms with Gasteiger partial charge in [0.15, 0.2) is 5.13 Å². The second-order valence-electron chi connectivity index (χ2n) is 8.46. The monoisotopic (exact) mass is 414 g/mol. The number of aryl methyl sites for hydroxylation is 1. The van der Waals surface area contributed by atoms with Crippen LogP contribution in [0.4, 0.5) is 5.13 Å². The molecule has 2 saturated heterocycles. The Balaban J connectivity index is 1.21. The van der Waals surface area contributed by atoms with Crippen molar-refractivity contribution >= 4 is 32.6 Å². The first-order chi connectivity index (χ1) is 14.2. The molecule has 5 nitrogen and oxygen atoms in total. The molecule has 1 aromatic carbocycles.